The Hall–Kier alpha value is -2.09. The number of amides is 1. The summed E-state index contributed by atoms with van der Waals surface area (Å²) < 4.78 is 1.50. The first-order valence-corrected chi connectivity index (χ1v) is 7.99. The molecule has 0 fully saturated rings. The predicted molar refractivity (Wildman–Crippen MR) is 95.0 cm³/mol. The predicted octanol–water partition coefficient (Wildman–Crippen LogP) is -1.10. The van der Waals surface area contributed by atoms with E-state index >= 15 is 0 Å². The minimum atomic E-state index is -1.08. The lowest BCUT2D eigenvalue weighted by Crippen LogP contribution is -2.40. The number of hydrogen-bond acceptors (Lipinski definition) is 8. The van der Waals surface area contributed by atoms with Gasteiger partial charge in [-0.25, -0.2) is 4.98 Å². The van der Waals surface area contributed by atoms with Gasteiger partial charge >= 0.3 is 5.97 Å². The Morgan fingerprint density at radius 2 is 2.12 bits per heavy atom. The molecule has 0 aromatic carbocycles. The Bertz CT molecular complexity index is 752. The van der Waals surface area contributed by atoms with Crippen LogP contribution in [0.1, 0.15) is 0 Å². The van der Waals surface area contributed by atoms with Crippen LogP contribution in [0, 0.1) is 0 Å². The lowest BCUT2D eigenvalue weighted by atomic mass is 10.4. The van der Waals surface area contributed by atoms with Gasteiger partial charge in [-0.3, -0.25) is 14.7 Å². The third kappa shape index (κ3) is 4.25. The number of carbonyl (C=O) groups is 2. The zero-order valence-corrected chi connectivity index (χ0v) is 14.9. The Morgan fingerprint density at radius 1 is 1.38 bits per heavy atom. The maximum Gasteiger partial charge on any atom is 0.323 e. The van der Waals surface area contributed by atoms with E-state index in [0.717, 1.165) is 0 Å². The van der Waals surface area contributed by atoms with Gasteiger partial charge in [0.2, 0.25) is 11.9 Å². The Kier molecular flexibility index (Phi) is 6.19. The molecule has 0 saturated carbocycles. The van der Waals surface area contributed by atoms with Gasteiger partial charge in [-0.15, -0.1) is 0 Å². The van der Waals surface area contributed by atoms with Crippen molar-refractivity contribution in [1.29, 1.82) is 0 Å². The van der Waals surface area contributed by atoms with Gasteiger partial charge in [-0.1, -0.05) is 9.39 Å². The molecule has 1 amide bonds. The summed E-state index contributed by atoms with van der Waals surface area (Å²) in [7, 11) is 4.56. The van der Waals surface area contributed by atoms with Crippen molar-refractivity contribution in [2.45, 2.75) is 6.54 Å². The van der Waals surface area contributed by atoms with Crippen LogP contribution in [0.25, 0.3) is 11.2 Å². The highest BCUT2D eigenvalue weighted by molar-refractivity contribution is 7.18. The number of rotatable bonds is 8. The first kappa shape index (κ1) is 18.3. The number of aliphatic carboxylic acids is 1. The van der Waals surface area contributed by atoms with Crippen LogP contribution in [0.15, 0.2) is 6.33 Å². The van der Waals surface area contributed by atoms with Crippen molar-refractivity contribution in [3.8, 4) is 0 Å². The van der Waals surface area contributed by atoms with Gasteiger partial charge < -0.3 is 25.4 Å². The molecule has 2 aromatic heterocycles. The van der Waals surface area contributed by atoms with E-state index < -0.39 is 5.97 Å². The fourth-order valence-electron chi connectivity index (χ4n) is 2.05. The number of imidazole rings is 1. The molecule has 11 nitrogen and oxygen atoms in total. The molecule has 0 saturated heterocycles. The lowest BCUT2D eigenvalue weighted by Gasteiger charge is -2.20. The second-order valence-electron chi connectivity index (χ2n) is 4.78. The second kappa shape index (κ2) is 8.14. The van der Waals surface area contributed by atoms with E-state index in [0.29, 0.717) is 17.7 Å². The number of nitrogen functional groups attached to an aromatic ring is 1. The van der Waals surface area contributed by atoms with Gasteiger partial charge in [0, 0.05) is 13.1 Å². The van der Waals surface area contributed by atoms with Gasteiger partial charge in [-0.2, -0.15) is 9.97 Å². The SMILES string of the molecule is Nc1nc(NP)nc2c1ncn2CC(=O)N(CCNP)CC(=O)O. The molecule has 13 heteroatoms. The van der Waals surface area contributed by atoms with Crippen LogP contribution < -0.4 is 15.9 Å². The molecule has 24 heavy (non-hydrogen) atoms. The lowest BCUT2D eigenvalue weighted by molar-refractivity contribution is -0.144. The number of hydrogen-bond donors (Lipinski definition) is 4. The Morgan fingerprint density at radius 3 is 2.75 bits per heavy atom. The molecule has 0 aliphatic heterocycles. The molecule has 0 bridgehead atoms. The first-order valence-electron chi connectivity index (χ1n) is 6.84. The molecule has 5 N–H and O–H groups in total. The quantitative estimate of drug-likeness (QED) is 0.423. The summed E-state index contributed by atoms with van der Waals surface area (Å²) in [5.41, 5.74) is 6.58. The number of nitrogens with one attached hydrogen (secondary N) is 2. The van der Waals surface area contributed by atoms with Crippen molar-refractivity contribution < 1.29 is 14.7 Å². The van der Waals surface area contributed by atoms with E-state index in [-0.39, 0.29) is 37.3 Å². The average molecular weight is 372 g/mol. The molecule has 2 heterocycles. The van der Waals surface area contributed by atoms with Gasteiger partial charge in [0.05, 0.1) is 6.33 Å². The maximum absolute atomic E-state index is 12.4. The topological polar surface area (TPSA) is 151 Å². The van der Waals surface area contributed by atoms with Crippen LogP contribution in [0.4, 0.5) is 11.8 Å². The summed E-state index contributed by atoms with van der Waals surface area (Å²) in [6.07, 6.45) is 1.42. The fourth-order valence-corrected chi connectivity index (χ4v) is 2.30. The number of nitrogens with zero attached hydrogens (tertiary/aromatic N) is 5. The van der Waals surface area contributed by atoms with Gasteiger partial charge in [0.25, 0.3) is 0 Å². The van der Waals surface area contributed by atoms with E-state index in [2.05, 4.69) is 43.9 Å². The zero-order valence-electron chi connectivity index (χ0n) is 12.6. The summed E-state index contributed by atoms with van der Waals surface area (Å²) >= 11 is 0. The minimum Gasteiger partial charge on any atom is -0.480 e. The number of carboxylic acids is 1. The van der Waals surface area contributed by atoms with Crippen LogP contribution in [0.5, 0.6) is 0 Å². The van der Waals surface area contributed by atoms with Gasteiger partial charge in [0.1, 0.15) is 18.6 Å². The van der Waals surface area contributed by atoms with Crippen LogP contribution in [-0.2, 0) is 16.1 Å². The van der Waals surface area contributed by atoms with Crippen LogP contribution >= 0.6 is 18.8 Å². The van der Waals surface area contributed by atoms with Crippen molar-refractivity contribution in [1.82, 2.24) is 29.5 Å². The summed E-state index contributed by atoms with van der Waals surface area (Å²) in [6, 6.07) is 0. The molecule has 2 rings (SSSR count). The molecule has 0 aliphatic rings. The molecule has 0 spiro atoms. The number of aromatic nitrogens is 4. The fraction of sp³-hybridized carbons (Fsp3) is 0.364. The van der Waals surface area contributed by atoms with Crippen molar-refractivity contribution >= 4 is 53.6 Å². The highest BCUT2D eigenvalue weighted by atomic mass is 31.0. The molecule has 130 valence electrons. The number of anilines is 2. The Labute approximate surface area is 141 Å². The standard InChI is InChI=1S/C11H18N8O3P2/c12-9-8-10(16-11(15-9)17-24)19(5-13-8)3-6(20)18(2-1-14-23)4-7(21)22/h5,14H,1-4,23-24H2,(H,21,22)(H3,12,15,16,17). The summed E-state index contributed by atoms with van der Waals surface area (Å²) in [5, 5.41) is 14.4. The van der Waals surface area contributed by atoms with E-state index in [4.69, 9.17) is 10.8 Å². The third-order valence-electron chi connectivity index (χ3n) is 3.13. The van der Waals surface area contributed by atoms with Crippen LogP contribution in [0.2, 0.25) is 0 Å². The van der Waals surface area contributed by atoms with Crippen LogP contribution in [0.3, 0.4) is 0 Å². The smallest absolute Gasteiger partial charge is 0.323 e. The van der Waals surface area contributed by atoms with Crippen molar-refractivity contribution in [2.24, 2.45) is 0 Å². The van der Waals surface area contributed by atoms with E-state index in [1.54, 1.807) is 0 Å². The number of carboxylic acid groups (broad SMARTS) is 1. The van der Waals surface area contributed by atoms with Gasteiger partial charge in [-0.05, 0) is 9.39 Å². The number of nitrogens with two attached hydrogens (primary N) is 1. The van der Waals surface area contributed by atoms with E-state index in [1.165, 1.54) is 15.8 Å². The largest absolute Gasteiger partial charge is 0.480 e. The van der Waals surface area contributed by atoms with E-state index in [1.807, 2.05) is 0 Å². The molecule has 2 unspecified atom stereocenters. The molecule has 2 aromatic rings. The van der Waals surface area contributed by atoms with Crippen LogP contribution in [-0.4, -0.2) is 61.0 Å². The van der Waals surface area contributed by atoms with Crippen molar-refractivity contribution in [2.75, 3.05) is 30.5 Å². The van der Waals surface area contributed by atoms with E-state index in [9.17, 15) is 9.59 Å². The summed E-state index contributed by atoms with van der Waals surface area (Å²) in [6.45, 7) is 0.224. The monoisotopic (exact) mass is 372 g/mol. The maximum atomic E-state index is 12.4. The van der Waals surface area contributed by atoms with Crippen molar-refractivity contribution in [3.05, 3.63) is 6.33 Å². The third-order valence-corrected chi connectivity index (χ3v) is 3.68. The number of fused-ring (bicyclic) bond motifs is 1. The average Bonchev–Trinajstić information content (AvgIpc) is 2.94. The summed E-state index contributed by atoms with van der Waals surface area (Å²) in [5.74, 6) is -0.988. The highest BCUT2D eigenvalue weighted by Crippen LogP contribution is 2.18. The number of carbonyl (C=O) groups excluding carboxylic acids is 1. The Balaban J connectivity index is 2.25. The van der Waals surface area contributed by atoms with Crippen molar-refractivity contribution in [3.63, 3.8) is 0 Å². The molecular formula is C11H18N8O3P2. The van der Waals surface area contributed by atoms with Gasteiger partial charge in [0.15, 0.2) is 11.5 Å². The minimum absolute atomic E-state index is 0.104. The molecule has 0 aliphatic carbocycles. The summed E-state index contributed by atoms with van der Waals surface area (Å²) in [4.78, 5) is 36.9. The second-order valence-corrected chi connectivity index (χ2v) is 5.48. The molecular weight excluding hydrogens is 354 g/mol. The normalized spacial score (nSPS) is 10.8. The zero-order chi connectivity index (χ0) is 17.7. The molecule has 2 atom stereocenters. The highest BCUT2D eigenvalue weighted by Gasteiger charge is 2.19. The molecule has 0 radical (unpaired) electrons. The first-order chi connectivity index (χ1) is 11.5.